The normalized spacial score (nSPS) is 20.9. The lowest BCUT2D eigenvalue weighted by Crippen LogP contribution is -2.37. The fourth-order valence-electron chi connectivity index (χ4n) is 4.33. The molecule has 1 aromatic carbocycles. The highest BCUT2D eigenvalue weighted by Gasteiger charge is 2.32. The van der Waals surface area contributed by atoms with Crippen molar-refractivity contribution in [1.82, 2.24) is 5.06 Å². The van der Waals surface area contributed by atoms with Crippen LogP contribution in [0.25, 0.3) is 0 Å². The smallest absolute Gasteiger partial charge is 0.248 e. The molecule has 0 unspecified atom stereocenters. The summed E-state index contributed by atoms with van der Waals surface area (Å²) in [6.45, 7) is 2.27. The largest absolute Gasteiger partial charge is 0.345 e. The van der Waals surface area contributed by atoms with Gasteiger partial charge < -0.3 is 9.47 Å². The Morgan fingerprint density at radius 2 is 1.47 bits per heavy atom. The summed E-state index contributed by atoms with van der Waals surface area (Å²) in [6, 6.07) is 10.0. The monoisotopic (exact) mass is 447 g/mol. The maximum Gasteiger partial charge on any atom is 0.248 e. The Morgan fingerprint density at radius 1 is 0.906 bits per heavy atom. The van der Waals surface area contributed by atoms with Crippen molar-refractivity contribution in [3.63, 3.8) is 0 Å². The van der Waals surface area contributed by atoms with E-state index in [2.05, 4.69) is 6.92 Å². The van der Waals surface area contributed by atoms with Gasteiger partial charge in [0.1, 0.15) is 0 Å². The summed E-state index contributed by atoms with van der Waals surface area (Å²) >= 11 is 0. The summed E-state index contributed by atoms with van der Waals surface area (Å²) in [6.07, 6.45) is 16.4. The fraction of sp³-hybridized carbons (Fsp3) is 0.741. The van der Waals surface area contributed by atoms with Gasteiger partial charge in [0.25, 0.3) is 0 Å². The van der Waals surface area contributed by atoms with Gasteiger partial charge in [-0.25, -0.2) is 5.06 Å². The van der Waals surface area contributed by atoms with Crippen LogP contribution in [-0.4, -0.2) is 37.3 Å². The molecule has 0 bridgehead atoms. The van der Waals surface area contributed by atoms with Crippen LogP contribution < -0.4 is 0 Å². The first-order valence-corrected chi connectivity index (χ1v) is 12.8. The van der Waals surface area contributed by atoms with Gasteiger partial charge in [-0.05, 0) is 6.42 Å². The molecular formula is C27H45NO4. The average molecular weight is 448 g/mol. The third-order valence-corrected chi connectivity index (χ3v) is 6.39. The molecule has 0 spiro atoms. The van der Waals surface area contributed by atoms with Crippen LogP contribution >= 0.6 is 0 Å². The molecule has 1 fully saturated rings. The molecule has 0 aliphatic carbocycles. The van der Waals surface area contributed by atoms with Crippen molar-refractivity contribution in [2.24, 2.45) is 0 Å². The van der Waals surface area contributed by atoms with E-state index in [9.17, 15) is 4.79 Å². The Balaban J connectivity index is 1.71. The maximum absolute atomic E-state index is 12.3. The van der Waals surface area contributed by atoms with E-state index < -0.39 is 6.29 Å². The lowest BCUT2D eigenvalue weighted by Gasteiger charge is -2.36. The van der Waals surface area contributed by atoms with Crippen LogP contribution in [0.4, 0.5) is 0 Å². The fourth-order valence-corrected chi connectivity index (χ4v) is 4.33. The Kier molecular flexibility index (Phi) is 13.6. The molecule has 1 aliphatic heterocycles. The SMILES string of the molecule is CCCCCCCCCCCCC[C@@H]1C[C@H](CC(=O)N(C)OC)O[C@H](c2ccccc2)O1. The van der Waals surface area contributed by atoms with E-state index in [-0.39, 0.29) is 18.1 Å². The van der Waals surface area contributed by atoms with Crippen molar-refractivity contribution in [3.05, 3.63) is 35.9 Å². The summed E-state index contributed by atoms with van der Waals surface area (Å²) in [4.78, 5) is 17.4. The van der Waals surface area contributed by atoms with Crippen molar-refractivity contribution < 1.29 is 19.1 Å². The second-order valence-electron chi connectivity index (χ2n) is 9.10. The van der Waals surface area contributed by atoms with Crippen LogP contribution in [0.5, 0.6) is 0 Å². The van der Waals surface area contributed by atoms with Crippen LogP contribution in [0.2, 0.25) is 0 Å². The van der Waals surface area contributed by atoms with E-state index in [4.69, 9.17) is 14.3 Å². The van der Waals surface area contributed by atoms with Gasteiger partial charge in [-0.1, -0.05) is 108 Å². The summed E-state index contributed by atoms with van der Waals surface area (Å²) < 4.78 is 12.4. The van der Waals surface area contributed by atoms with Crippen LogP contribution in [0, 0.1) is 0 Å². The molecule has 32 heavy (non-hydrogen) atoms. The van der Waals surface area contributed by atoms with Crippen LogP contribution in [0.15, 0.2) is 30.3 Å². The van der Waals surface area contributed by atoms with Gasteiger partial charge in [0, 0.05) is 19.0 Å². The highest BCUT2D eigenvalue weighted by atomic mass is 16.7. The highest BCUT2D eigenvalue weighted by Crippen LogP contribution is 2.33. The molecule has 1 heterocycles. The quantitative estimate of drug-likeness (QED) is 0.203. The third-order valence-electron chi connectivity index (χ3n) is 6.39. The number of benzene rings is 1. The van der Waals surface area contributed by atoms with E-state index in [1.807, 2.05) is 30.3 Å². The highest BCUT2D eigenvalue weighted by molar-refractivity contribution is 5.75. The lowest BCUT2D eigenvalue weighted by atomic mass is 9.99. The van der Waals surface area contributed by atoms with Gasteiger partial charge in [0.15, 0.2) is 6.29 Å². The molecule has 2 rings (SSSR count). The predicted octanol–water partition coefficient (Wildman–Crippen LogP) is 6.97. The molecule has 1 aliphatic rings. The molecule has 1 saturated heterocycles. The molecular weight excluding hydrogens is 402 g/mol. The molecule has 5 heteroatoms. The number of hydrogen-bond donors (Lipinski definition) is 0. The first-order chi connectivity index (χ1) is 15.6. The first-order valence-electron chi connectivity index (χ1n) is 12.8. The predicted molar refractivity (Wildman–Crippen MR) is 129 cm³/mol. The summed E-state index contributed by atoms with van der Waals surface area (Å²) in [5.41, 5.74) is 1.01. The number of carbonyl (C=O) groups is 1. The van der Waals surface area contributed by atoms with Crippen molar-refractivity contribution in [3.8, 4) is 0 Å². The maximum atomic E-state index is 12.3. The topological polar surface area (TPSA) is 48.0 Å². The second kappa shape index (κ2) is 16.2. The van der Waals surface area contributed by atoms with Gasteiger partial charge in [0.05, 0.1) is 25.7 Å². The molecule has 3 atom stereocenters. The van der Waals surface area contributed by atoms with E-state index in [1.165, 1.54) is 82.8 Å². The number of carbonyl (C=O) groups excluding carboxylic acids is 1. The van der Waals surface area contributed by atoms with E-state index in [1.54, 1.807) is 7.05 Å². The van der Waals surface area contributed by atoms with Crippen molar-refractivity contribution >= 4 is 5.91 Å². The number of hydroxylamine groups is 2. The van der Waals surface area contributed by atoms with Crippen LogP contribution in [0.3, 0.4) is 0 Å². The Hall–Kier alpha value is -1.43. The number of hydrogen-bond acceptors (Lipinski definition) is 4. The number of unbranched alkanes of at least 4 members (excludes halogenated alkanes) is 10. The number of nitrogens with zero attached hydrogens (tertiary/aromatic N) is 1. The van der Waals surface area contributed by atoms with Gasteiger partial charge in [-0.15, -0.1) is 0 Å². The van der Waals surface area contributed by atoms with Crippen molar-refractivity contribution in [2.75, 3.05) is 14.2 Å². The molecule has 1 amide bonds. The average Bonchev–Trinajstić information content (AvgIpc) is 2.82. The van der Waals surface area contributed by atoms with Gasteiger partial charge in [0.2, 0.25) is 5.91 Å². The molecule has 0 aromatic heterocycles. The van der Waals surface area contributed by atoms with E-state index >= 15 is 0 Å². The lowest BCUT2D eigenvalue weighted by molar-refractivity contribution is -0.251. The van der Waals surface area contributed by atoms with Gasteiger partial charge >= 0.3 is 0 Å². The minimum absolute atomic E-state index is 0.0698. The molecule has 1 aromatic rings. The Labute approximate surface area is 195 Å². The van der Waals surface area contributed by atoms with E-state index in [0.717, 1.165) is 18.4 Å². The summed E-state index contributed by atoms with van der Waals surface area (Å²) in [5.74, 6) is -0.0698. The zero-order chi connectivity index (χ0) is 23.0. The molecule has 0 radical (unpaired) electrons. The van der Waals surface area contributed by atoms with E-state index in [0.29, 0.717) is 6.42 Å². The standard InChI is InChI=1S/C27H45NO4/c1-4-5-6-7-8-9-10-11-12-13-17-20-24-21-25(22-26(29)28(2)30-3)32-27(31-24)23-18-15-14-16-19-23/h14-16,18-19,24-25,27H,4-13,17,20-22H2,1-3H3/t24-,25-,27-/m1/s1. The first kappa shape index (κ1) is 26.8. The molecule has 182 valence electrons. The summed E-state index contributed by atoms with van der Waals surface area (Å²) in [7, 11) is 3.14. The zero-order valence-corrected chi connectivity index (χ0v) is 20.6. The zero-order valence-electron chi connectivity index (χ0n) is 20.6. The molecule has 0 saturated carbocycles. The van der Waals surface area contributed by atoms with Crippen LogP contribution in [0.1, 0.15) is 109 Å². The Bertz CT molecular complexity index is 609. The van der Waals surface area contributed by atoms with Gasteiger partial charge in [-0.2, -0.15) is 0 Å². The molecule has 5 nitrogen and oxygen atoms in total. The van der Waals surface area contributed by atoms with Gasteiger partial charge in [-0.3, -0.25) is 9.63 Å². The second-order valence-corrected chi connectivity index (χ2v) is 9.10. The number of amides is 1. The van der Waals surface area contributed by atoms with Crippen molar-refractivity contribution in [1.29, 1.82) is 0 Å². The van der Waals surface area contributed by atoms with Crippen LogP contribution in [-0.2, 0) is 19.1 Å². The Morgan fingerprint density at radius 3 is 2.06 bits per heavy atom. The minimum atomic E-state index is -0.409. The molecule has 0 N–H and O–H groups in total. The van der Waals surface area contributed by atoms with Crippen molar-refractivity contribution in [2.45, 2.75) is 115 Å². The number of ether oxygens (including phenoxy) is 2. The summed E-state index contributed by atoms with van der Waals surface area (Å²) in [5, 5.41) is 1.27. The third kappa shape index (κ3) is 10.5. The minimum Gasteiger partial charge on any atom is -0.345 e. The number of rotatable bonds is 16.